The van der Waals surface area contributed by atoms with Crippen molar-refractivity contribution in [2.75, 3.05) is 27.2 Å². The van der Waals surface area contributed by atoms with E-state index in [1.54, 1.807) is 11.0 Å². The van der Waals surface area contributed by atoms with Crippen LogP contribution in [-0.2, 0) is 15.8 Å². The molecule has 2 saturated carbocycles. The van der Waals surface area contributed by atoms with Crippen LogP contribution in [0.2, 0.25) is 0 Å². The number of benzene rings is 1. The summed E-state index contributed by atoms with van der Waals surface area (Å²) in [6, 6.07) is 4.41. The zero-order chi connectivity index (χ0) is 24.9. The highest BCUT2D eigenvalue weighted by Crippen LogP contribution is 2.57. The summed E-state index contributed by atoms with van der Waals surface area (Å²) >= 11 is 0. The van der Waals surface area contributed by atoms with E-state index in [0.29, 0.717) is 32.4 Å². The third kappa shape index (κ3) is 4.40. The number of rotatable bonds is 5. The van der Waals surface area contributed by atoms with Crippen molar-refractivity contribution in [1.82, 2.24) is 9.80 Å². The number of piperidine rings is 1. The van der Waals surface area contributed by atoms with Gasteiger partial charge >= 0.3 is 6.18 Å². The lowest BCUT2D eigenvalue weighted by atomic mass is 9.56. The highest BCUT2D eigenvalue weighted by Gasteiger charge is 2.51. The molecule has 1 heterocycles. The maximum absolute atomic E-state index is 13.4. The third-order valence-electron chi connectivity index (χ3n) is 8.70. The molecular formula is C26H35F3N2O3. The second-order valence-electron chi connectivity index (χ2n) is 10.8. The Morgan fingerprint density at radius 3 is 2.29 bits per heavy atom. The van der Waals surface area contributed by atoms with Gasteiger partial charge in [-0.3, -0.25) is 9.59 Å². The Bertz CT molecular complexity index is 939. The van der Waals surface area contributed by atoms with Gasteiger partial charge in [-0.25, -0.2) is 0 Å². The van der Waals surface area contributed by atoms with Crippen LogP contribution in [0.1, 0.15) is 75.8 Å². The van der Waals surface area contributed by atoms with E-state index >= 15 is 0 Å². The van der Waals surface area contributed by atoms with Crippen LogP contribution in [0.4, 0.5) is 13.2 Å². The van der Waals surface area contributed by atoms with Gasteiger partial charge < -0.3 is 14.5 Å². The number of hydrogen-bond donors (Lipinski definition) is 0. The number of nitrogens with zero attached hydrogens (tertiary/aromatic N) is 2. The van der Waals surface area contributed by atoms with Crippen molar-refractivity contribution in [2.24, 2.45) is 11.3 Å². The lowest BCUT2D eigenvalue weighted by molar-refractivity contribution is -0.154. The molecule has 188 valence electrons. The molecule has 1 saturated heterocycles. The minimum absolute atomic E-state index is 0.0274. The highest BCUT2D eigenvalue weighted by atomic mass is 19.4. The van der Waals surface area contributed by atoms with Crippen LogP contribution in [0.5, 0.6) is 5.75 Å². The summed E-state index contributed by atoms with van der Waals surface area (Å²) in [6.07, 6.45) is 0.964. The molecule has 34 heavy (non-hydrogen) atoms. The van der Waals surface area contributed by atoms with Crippen LogP contribution < -0.4 is 4.74 Å². The van der Waals surface area contributed by atoms with E-state index in [9.17, 15) is 22.8 Å². The number of halogens is 3. The molecule has 1 aromatic carbocycles. The first-order chi connectivity index (χ1) is 15.9. The fourth-order valence-corrected chi connectivity index (χ4v) is 6.28. The zero-order valence-corrected chi connectivity index (χ0v) is 20.5. The third-order valence-corrected chi connectivity index (χ3v) is 8.70. The lowest BCUT2D eigenvalue weighted by Crippen LogP contribution is -2.60. The molecular weight excluding hydrogens is 445 g/mol. The molecule has 2 aliphatic carbocycles. The summed E-state index contributed by atoms with van der Waals surface area (Å²) in [5.74, 6) is 0.237. The summed E-state index contributed by atoms with van der Waals surface area (Å²) in [5, 5.41) is 0. The number of hydrogen-bond acceptors (Lipinski definition) is 3. The molecule has 0 N–H and O–H groups in total. The van der Waals surface area contributed by atoms with Crippen molar-refractivity contribution in [3.63, 3.8) is 0 Å². The summed E-state index contributed by atoms with van der Waals surface area (Å²) in [7, 11) is 3.08. The Labute approximate surface area is 199 Å². The van der Waals surface area contributed by atoms with Gasteiger partial charge in [-0.15, -0.1) is 0 Å². The van der Waals surface area contributed by atoms with Crippen molar-refractivity contribution in [3.05, 3.63) is 29.3 Å². The smallest absolute Gasteiger partial charge is 0.419 e. The summed E-state index contributed by atoms with van der Waals surface area (Å²) in [6.45, 7) is 5.31. The molecule has 0 unspecified atom stereocenters. The molecule has 1 spiro atoms. The minimum atomic E-state index is -4.44. The Balaban J connectivity index is 1.30. The molecule has 0 radical (unpaired) electrons. The van der Waals surface area contributed by atoms with Crippen LogP contribution >= 0.6 is 0 Å². The van der Waals surface area contributed by atoms with E-state index in [2.05, 4.69) is 0 Å². The van der Waals surface area contributed by atoms with E-state index in [4.69, 9.17) is 4.74 Å². The van der Waals surface area contributed by atoms with Crippen LogP contribution in [0.25, 0.3) is 0 Å². The van der Waals surface area contributed by atoms with Crippen LogP contribution in [0.3, 0.4) is 0 Å². The van der Waals surface area contributed by atoms with Crippen LogP contribution in [0.15, 0.2) is 18.2 Å². The Kier molecular flexibility index (Phi) is 6.40. The fourth-order valence-electron chi connectivity index (χ4n) is 6.28. The summed E-state index contributed by atoms with van der Waals surface area (Å²) in [4.78, 5) is 28.8. The molecule has 1 aliphatic heterocycles. The molecule has 0 bridgehead atoms. The number of carbonyl (C=O) groups excluding carboxylic acids is 2. The topological polar surface area (TPSA) is 49.9 Å². The van der Waals surface area contributed by atoms with Gasteiger partial charge in [0.25, 0.3) is 0 Å². The molecule has 0 atom stereocenters. The first kappa shape index (κ1) is 24.9. The van der Waals surface area contributed by atoms with E-state index in [1.807, 2.05) is 25.8 Å². The standard InChI is InChI=1S/C26H35F3N2O3/c1-5-22(32)30(3)24(2)13-19(14-24)23(33)31-10-8-25(9-11-31)15-18(16-25)17-6-7-21(34-4)20(12-17)26(27,28)29/h6-7,12,18-19H,5,8-11,13-16H2,1-4H3. The molecule has 0 aromatic heterocycles. The number of ether oxygens (including phenoxy) is 1. The molecule has 8 heteroatoms. The van der Waals surface area contributed by atoms with Crippen molar-refractivity contribution in [1.29, 1.82) is 0 Å². The van der Waals surface area contributed by atoms with Crippen molar-refractivity contribution >= 4 is 11.8 Å². The van der Waals surface area contributed by atoms with E-state index in [1.165, 1.54) is 19.2 Å². The number of alkyl halides is 3. The van der Waals surface area contributed by atoms with Crippen molar-refractivity contribution < 1.29 is 27.5 Å². The van der Waals surface area contributed by atoms with Gasteiger partial charge in [0, 0.05) is 38.0 Å². The maximum atomic E-state index is 13.4. The number of carbonyl (C=O) groups is 2. The van der Waals surface area contributed by atoms with Crippen molar-refractivity contribution in [3.8, 4) is 5.75 Å². The van der Waals surface area contributed by atoms with Crippen molar-refractivity contribution in [2.45, 2.75) is 76.4 Å². The predicted molar refractivity (Wildman–Crippen MR) is 122 cm³/mol. The Morgan fingerprint density at radius 2 is 1.76 bits per heavy atom. The minimum Gasteiger partial charge on any atom is -0.496 e. The molecule has 2 amide bonds. The quantitative estimate of drug-likeness (QED) is 0.579. The van der Waals surface area contributed by atoms with E-state index < -0.39 is 11.7 Å². The van der Waals surface area contributed by atoms with E-state index in [0.717, 1.165) is 31.2 Å². The normalized spacial score (nSPS) is 26.6. The number of methoxy groups -OCH3 is 1. The first-order valence-corrected chi connectivity index (χ1v) is 12.2. The predicted octanol–water partition coefficient (Wildman–Crippen LogP) is 5.24. The van der Waals surface area contributed by atoms with Gasteiger partial charge in [-0.05, 0) is 74.5 Å². The zero-order valence-electron chi connectivity index (χ0n) is 20.5. The van der Waals surface area contributed by atoms with Gasteiger partial charge in [0.1, 0.15) is 5.75 Å². The Hall–Kier alpha value is -2.25. The molecule has 1 aromatic rings. The van der Waals surface area contributed by atoms with Crippen LogP contribution in [0, 0.1) is 11.3 Å². The SMILES string of the molecule is CCC(=O)N(C)C1(C)CC(C(=O)N2CCC3(CC2)CC(c2ccc(OC)c(C(F)(F)F)c2)C3)C1. The monoisotopic (exact) mass is 480 g/mol. The molecule has 4 rings (SSSR count). The van der Waals surface area contributed by atoms with Gasteiger partial charge in [0.2, 0.25) is 11.8 Å². The summed E-state index contributed by atoms with van der Waals surface area (Å²) < 4.78 is 45.0. The van der Waals surface area contributed by atoms with Gasteiger partial charge in [-0.1, -0.05) is 13.0 Å². The largest absolute Gasteiger partial charge is 0.496 e. The van der Waals surface area contributed by atoms with Gasteiger partial charge in [0.05, 0.1) is 12.7 Å². The second-order valence-corrected chi connectivity index (χ2v) is 10.8. The number of amides is 2. The van der Waals surface area contributed by atoms with E-state index in [-0.39, 0.29) is 40.4 Å². The van der Waals surface area contributed by atoms with Gasteiger partial charge in [0.15, 0.2) is 0 Å². The molecule has 3 fully saturated rings. The average Bonchev–Trinajstić information content (AvgIpc) is 2.78. The first-order valence-electron chi connectivity index (χ1n) is 12.2. The summed E-state index contributed by atoms with van der Waals surface area (Å²) in [5.41, 5.74) is -0.106. The lowest BCUT2D eigenvalue weighted by Gasteiger charge is -2.54. The molecule has 5 nitrogen and oxygen atoms in total. The highest BCUT2D eigenvalue weighted by molar-refractivity contribution is 5.82. The van der Waals surface area contributed by atoms with Gasteiger partial charge in [-0.2, -0.15) is 13.2 Å². The maximum Gasteiger partial charge on any atom is 0.419 e. The second kappa shape index (κ2) is 8.76. The Morgan fingerprint density at radius 1 is 1.15 bits per heavy atom. The number of likely N-dealkylation sites (tertiary alicyclic amines) is 1. The van der Waals surface area contributed by atoms with Crippen LogP contribution in [-0.4, -0.2) is 54.4 Å². The molecule has 3 aliphatic rings. The fraction of sp³-hybridized carbons (Fsp3) is 0.692. The average molecular weight is 481 g/mol.